The van der Waals surface area contributed by atoms with Gasteiger partial charge in [-0.25, -0.2) is 0 Å². The van der Waals surface area contributed by atoms with Gasteiger partial charge in [-0.2, -0.15) is 0 Å². The molecule has 0 heterocycles. The fourth-order valence-corrected chi connectivity index (χ4v) is 1.89. The molecule has 0 aromatic carbocycles. The molecule has 88 valence electrons. The van der Waals surface area contributed by atoms with Gasteiger partial charge < -0.3 is 10.2 Å². The second-order valence-electron chi connectivity index (χ2n) is 4.74. The smallest absolute Gasteiger partial charge is 0.226 e. The summed E-state index contributed by atoms with van der Waals surface area (Å²) in [6.07, 6.45) is 2.58. The molecule has 3 nitrogen and oxygen atoms in total. The van der Waals surface area contributed by atoms with Gasteiger partial charge in [0, 0.05) is 25.6 Å². The Bertz CT molecular complexity index is 214. The predicted octanol–water partition coefficient (Wildman–Crippen LogP) is 1.49. The summed E-state index contributed by atoms with van der Waals surface area (Å²) in [6, 6.07) is 0.418. The topological polar surface area (TPSA) is 32.3 Å². The maximum absolute atomic E-state index is 12.0. The van der Waals surface area contributed by atoms with Crippen LogP contribution in [0, 0.1) is 11.8 Å². The van der Waals surface area contributed by atoms with E-state index in [0.29, 0.717) is 6.04 Å². The quantitative estimate of drug-likeness (QED) is 0.723. The van der Waals surface area contributed by atoms with Crippen LogP contribution in [-0.4, -0.2) is 37.0 Å². The van der Waals surface area contributed by atoms with Gasteiger partial charge in [0.1, 0.15) is 0 Å². The molecule has 2 atom stereocenters. The summed E-state index contributed by atoms with van der Waals surface area (Å²) in [5, 5.41) is 3.22. The SMILES string of the molecule is CCNCC(C)C(=O)N(C)C(C)C1CC1. The molecule has 0 aromatic heterocycles. The van der Waals surface area contributed by atoms with E-state index in [2.05, 4.69) is 19.2 Å². The summed E-state index contributed by atoms with van der Waals surface area (Å²) >= 11 is 0. The lowest BCUT2D eigenvalue weighted by molar-refractivity contribution is -0.135. The molecular formula is C12H24N2O. The van der Waals surface area contributed by atoms with Gasteiger partial charge in [0.25, 0.3) is 0 Å². The normalized spacial score (nSPS) is 19.7. The highest BCUT2D eigenvalue weighted by molar-refractivity contribution is 5.78. The van der Waals surface area contributed by atoms with Crippen LogP contribution in [0.4, 0.5) is 0 Å². The Balaban J connectivity index is 2.36. The molecule has 1 rings (SSSR count). The zero-order chi connectivity index (χ0) is 11.4. The van der Waals surface area contributed by atoms with E-state index in [4.69, 9.17) is 0 Å². The zero-order valence-corrected chi connectivity index (χ0v) is 10.4. The van der Waals surface area contributed by atoms with Crippen LogP contribution >= 0.6 is 0 Å². The van der Waals surface area contributed by atoms with Crippen LogP contribution in [0.1, 0.15) is 33.6 Å². The minimum absolute atomic E-state index is 0.0937. The number of carbonyl (C=O) groups excluding carboxylic acids is 1. The number of hydrogen-bond acceptors (Lipinski definition) is 2. The van der Waals surface area contributed by atoms with Gasteiger partial charge in [0.15, 0.2) is 0 Å². The van der Waals surface area contributed by atoms with E-state index >= 15 is 0 Å². The molecule has 1 fully saturated rings. The molecule has 1 N–H and O–H groups in total. The molecule has 0 radical (unpaired) electrons. The first-order valence-corrected chi connectivity index (χ1v) is 6.05. The Morgan fingerprint density at radius 1 is 1.47 bits per heavy atom. The molecule has 1 aliphatic carbocycles. The summed E-state index contributed by atoms with van der Waals surface area (Å²) in [5.74, 6) is 1.12. The monoisotopic (exact) mass is 212 g/mol. The lowest BCUT2D eigenvalue weighted by Crippen LogP contribution is -2.42. The highest BCUT2D eigenvalue weighted by atomic mass is 16.2. The molecule has 15 heavy (non-hydrogen) atoms. The third-order valence-corrected chi connectivity index (χ3v) is 3.38. The number of amides is 1. The predicted molar refractivity (Wildman–Crippen MR) is 62.7 cm³/mol. The van der Waals surface area contributed by atoms with E-state index in [1.165, 1.54) is 12.8 Å². The zero-order valence-electron chi connectivity index (χ0n) is 10.4. The van der Waals surface area contributed by atoms with Crippen molar-refractivity contribution in [2.75, 3.05) is 20.1 Å². The van der Waals surface area contributed by atoms with Crippen molar-refractivity contribution in [1.29, 1.82) is 0 Å². The van der Waals surface area contributed by atoms with Gasteiger partial charge in [-0.1, -0.05) is 13.8 Å². The van der Waals surface area contributed by atoms with Gasteiger partial charge in [0.05, 0.1) is 0 Å². The standard InChI is InChI=1S/C12H24N2O/c1-5-13-8-9(2)12(15)14(4)10(3)11-6-7-11/h9-11,13H,5-8H2,1-4H3. The highest BCUT2D eigenvalue weighted by Crippen LogP contribution is 2.34. The lowest BCUT2D eigenvalue weighted by atomic mass is 10.1. The second kappa shape index (κ2) is 5.50. The third kappa shape index (κ3) is 3.49. The van der Waals surface area contributed by atoms with Crippen molar-refractivity contribution in [2.24, 2.45) is 11.8 Å². The lowest BCUT2D eigenvalue weighted by Gasteiger charge is -2.27. The van der Waals surface area contributed by atoms with Gasteiger partial charge in [-0.05, 0) is 32.2 Å². The van der Waals surface area contributed by atoms with Crippen LogP contribution in [0.2, 0.25) is 0 Å². The summed E-state index contributed by atoms with van der Waals surface area (Å²) in [4.78, 5) is 13.9. The van der Waals surface area contributed by atoms with Crippen molar-refractivity contribution in [2.45, 2.75) is 39.7 Å². The number of hydrogen-bond donors (Lipinski definition) is 1. The Morgan fingerprint density at radius 3 is 2.53 bits per heavy atom. The molecule has 0 bridgehead atoms. The fourth-order valence-electron chi connectivity index (χ4n) is 1.89. The average molecular weight is 212 g/mol. The number of carbonyl (C=O) groups is 1. The molecular weight excluding hydrogens is 188 g/mol. The molecule has 0 aliphatic heterocycles. The molecule has 0 saturated heterocycles. The van der Waals surface area contributed by atoms with Crippen molar-refractivity contribution < 1.29 is 4.79 Å². The van der Waals surface area contributed by atoms with Crippen LogP contribution in [0.15, 0.2) is 0 Å². The van der Waals surface area contributed by atoms with Crippen molar-refractivity contribution in [3.63, 3.8) is 0 Å². The van der Waals surface area contributed by atoms with Gasteiger partial charge in [-0.3, -0.25) is 4.79 Å². The van der Waals surface area contributed by atoms with Crippen LogP contribution in [-0.2, 0) is 4.79 Å². The highest BCUT2D eigenvalue weighted by Gasteiger charge is 2.33. The van der Waals surface area contributed by atoms with E-state index < -0.39 is 0 Å². The molecule has 2 unspecified atom stereocenters. The minimum atomic E-state index is 0.0937. The van der Waals surface area contributed by atoms with Gasteiger partial charge >= 0.3 is 0 Å². The number of nitrogens with zero attached hydrogens (tertiary/aromatic N) is 1. The van der Waals surface area contributed by atoms with Crippen molar-refractivity contribution in [3.05, 3.63) is 0 Å². The van der Waals surface area contributed by atoms with Crippen LogP contribution in [0.5, 0.6) is 0 Å². The second-order valence-corrected chi connectivity index (χ2v) is 4.74. The molecule has 0 aromatic rings. The molecule has 1 saturated carbocycles. The number of rotatable bonds is 6. The minimum Gasteiger partial charge on any atom is -0.343 e. The van der Waals surface area contributed by atoms with Crippen LogP contribution < -0.4 is 5.32 Å². The Labute approximate surface area is 93.2 Å². The van der Waals surface area contributed by atoms with E-state index in [1.807, 2.05) is 18.9 Å². The Morgan fingerprint density at radius 2 is 2.07 bits per heavy atom. The first-order chi connectivity index (χ1) is 7.07. The largest absolute Gasteiger partial charge is 0.343 e. The van der Waals surface area contributed by atoms with E-state index in [0.717, 1.165) is 19.0 Å². The molecule has 3 heteroatoms. The molecule has 1 aliphatic rings. The maximum Gasteiger partial charge on any atom is 0.226 e. The van der Waals surface area contributed by atoms with Gasteiger partial charge in [-0.15, -0.1) is 0 Å². The van der Waals surface area contributed by atoms with Gasteiger partial charge in [0.2, 0.25) is 5.91 Å². The van der Waals surface area contributed by atoms with Crippen LogP contribution in [0.3, 0.4) is 0 Å². The fraction of sp³-hybridized carbons (Fsp3) is 0.917. The maximum atomic E-state index is 12.0. The van der Waals surface area contributed by atoms with Crippen molar-refractivity contribution >= 4 is 5.91 Å². The molecule has 0 spiro atoms. The third-order valence-electron chi connectivity index (χ3n) is 3.38. The summed E-state index contributed by atoms with van der Waals surface area (Å²) < 4.78 is 0. The Kier molecular flexibility index (Phi) is 4.58. The van der Waals surface area contributed by atoms with Crippen molar-refractivity contribution in [1.82, 2.24) is 10.2 Å². The average Bonchev–Trinajstić information content (AvgIpc) is 3.06. The number of nitrogens with one attached hydrogen (secondary N) is 1. The first kappa shape index (κ1) is 12.5. The van der Waals surface area contributed by atoms with E-state index in [9.17, 15) is 4.79 Å². The Hall–Kier alpha value is -0.570. The van der Waals surface area contributed by atoms with Crippen LogP contribution in [0.25, 0.3) is 0 Å². The van der Waals surface area contributed by atoms with Crippen molar-refractivity contribution in [3.8, 4) is 0 Å². The summed E-state index contributed by atoms with van der Waals surface area (Å²) in [5.41, 5.74) is 0. The first-order valence-electron chi connectivity index (χ1n) is 6.05. The summed E-state index contributed by atoms with van der Waals surface area (Å²) in [6.45, 7) is 7.95. The summed E-state index contributed by atoms with van der Waals surface area (Å²) in [7, 11) is 1.94. The van der Waals surface area contributed by atoms with E-state index in [-0.39, 0.29) is 11.8 Å². The molecule has 1 amide bonds. The van der Waals surface area contributed by atoms with E-state index in [1.54, 1.807) is 0 Å².